The largest absolute Gasteiger partial charge is 0.352 e. The highest BCUT2D eigenvalue weighted by Crippen LogP contribution is 2.21. The maximum atomic E-state index is 13.0. The minimum Gasteiger partial charge on any atom is -0.352 e. The predicted molar refractivity (Wildman–Crippen MR) is 118 cm³/mol. The third-order valence-electron chi connectivity index (χ3n) is 5.81. The van der Waals surface area contributed by atoms with Crippen molar-refractivity contribution >= 4 is 22.6 Å². The van der Waals surface area contributed by atoms with Crippen LogP contribution >= 0.6 is 0 Å². The fourth-order valence-corrected chi connectivity index (χ4v) is 4.29. The van der Waals surface area contributed by atoms with Crippen LogP contribution in [0.15, 0.2) is 48.5 Å². The molecule has 6 heteroatoms. The van der Waals surface area contributed by atoms with E-state index >= 15 is 0 Å². The molecule has 1 aliphatic heterocycles. The van der Waals surface area contributed by atoms with Crippen LogP contribution in [0.2, 0.25) is 0 Å². The Labute approximate surface area is 176 Å². The van der Waals surface area contributed by atoms with Crippen LogP contribution in [0.4, 0.5) is 0 Å². The summed E-state index contributed by atoms with van der Waals surface area (Å²) in [4.78, 5) is 27.7. The molecule has 30 heavy (non-hydrogen) atoms. The molecule has 0 radical (unpaired) electrons. The van der Waals surface area contributed by atoms with Crippen molar-refractivity contribution in [1.29, 1.82) is 0 Å². The Morgan fingerprint density at radius 2 is 1.97 bits per heavy atom. The number of carbonyl (C=O) groups excluding carboxylic acids is 2. The number of benzene rings is 2. The van der Waals surface area contributed by atoms with Crippen LogP contribution in [0.1, 0.15) is 46.3 Å². The summed E-state index contributed by atoms with van der Waals surface area (Å²) in [5.74, 6) is 0.221. The Morgan fingerprint density at radius 1 is 1.17 bits per heavy atom. The lowest BCUT2D eigenvalue weighted by Crippen LogP contribution is -2.44. The van der Waals surface area contributed by atoms with Crippen molar-refractivity contribution in [2.75, 3.05) is 19.6 Å². The zero-order chi connectivity index (χ0) is 21.1. The minimum absolute atomic E-state index is 0.0301. The molecule has 0 bridgehead atoms. The summed E-state index contributed by atoms with van der Waals surface area (Å²) in [5, 5.41) is 9.50. The molecule has 6 nitrogen and oxygen atoms in total. The molecule has 1 unspecified atom stereocenters. The van der Waals surface area contributed by atoms with Crippen LogP contribution in [-0.2, 0) is 6.54 Å². The van der Waals surface area contributed by atoms with Crippen molar-refractivity contribution in [3.05, 3.63) is 65.5 Å². The molecule has 0 saturated carbocycles. The monoisotopic (exact) mass is 404 g/mol. The number of carbonyl (C=O) groups is 2. The van der Waals surface area contributed by atoms with Crippen molar-refractivity contribution in [2.45, 2.75) is 33.2 Å². The first kappa shape index (κ1) is 20.1. The van der Waals surface area contributed by atoms with Gasteiger partial charge in [-0.3, -0.25) is 14.3 Å². The first-order chi connectivity index (χ1) is 14.6. The van der Waals surface area contributed by atoms with Gasteiger partial charge in [0.15, 0.2) is 0 Å². The van der Waals surface area contributed by atoms with Gasteiger partial charge in [0.1, 0.15) is 5.69 Å². The molecular weight excluding hydrogens is 376 g/mol. The van der Waals surface area contributed by atoms with E-state index in [9.17, 15) is 9.59 Å². The lowest BCUT2D eigenvalue weighted by Gasteiger charge is -2.33. The van der Waals surface area contributed by atoms with E-state index in [0.717, 1.165) is 35.9 Å². The number of amides is 2. The molecule has 1 fully saturated rings. The normalized spacial score (nSPS) is 16.6. The minimum atomic E-state index is -0.0602. The summed E-state index contributed by atoms with van der Waals surface area (Å²) < 4.78 is 1.77. The van der Waals surface area contributed by atoms with Gasteiger partial charge in [0.2, 0.25) is 0 Å². The average Bonchev–Trinajstić information content (AvgIpc) is 3.17. The van der Waals surface area contributed by atoms with Crippen molar-refractivity contribution in [3.63, 3.8) is 0 Å². The summed E-state index contributed by atoms with van der Waals surface area (Å²) in [6.07, 6.45) is 1.95. The van der Waals surface area contributed by atoms with Crippen LogP contribution in [0, 0.1) is 12.8 Å². The highest BCUT2D eigenvalue weighted by molar-refractivity contribution is 6.07. The van der Waals surface area contributed by atoms with E-state index in [1.54, 1.807) is 4.68 Å². The Balaban J connectivity index is 1.40. The van der Waals surface area contributed by atoms with Crippen molar-refractivity contribution in [1.82, 2.24) is 20.0 Å². The van der Waals surface area contributed by atoms with Crippen molar-refractivity contribution < 1.29 is 9.59 Å². The number of nitrogens with zero attached hydrogens (tertiary/aromatic N) is 3. The zero-order valence-electron chi connectivity index (χ0n) is 17.6. The summed E-state index contributed by atoms with van der Waals surface area (Å²) in [5.41, 5.74) is 2.20. The number of hydrogen-bond acceptors (Lipinski definition) is 3. The quantitative estimate of drug-likeness (QED) is 0.706. The van der Waals surface area contributed by atoms with Gasteiger partial charge in [0, 0.05) is 31.7 Å². The SMILES string of the molecule is CCn1nc(C)cc1C(=O)N1CCCC(CNC(=O)c2cccc3ccccc23)C1. The second-order valence-electron chi connectivity index (χ2n) is 7.98. The van der Waals surface area contributed by atoms with E-state index in [4.69, 9.17) is 0 Å². The number of rotatable bonds is 5. The van der Waals surface area contributed by atoms with Crippen LogP contribution < -0.4 is 5.32 Å². The molecule has 2 aromatic carbocycles. The summed E-state index contributed by atoms with van der Waals surface area (Å²) in [7, 11) is 0. The Morgan fingerprint density at radius 3 is 2.80 bits per heavy atom. The molecule has 1 N–H and O–H groups in total. The van der Waals surface area contributed by atoms with Crippen LogP contribution in [-0.4, -0.2) is 46.1 Å². The van der Waals surface area contributed by atoms with Gasteiger partial charge in [-0.15, -0.1) is 0 Å². The summed E-state index contributed by atoms with van der Waals surface area (Å²) in [6.45, 7) is 6.55. The maximum Gasteiger partial charge on any atom is 0.272 e. The van der Waals surface area contributed by atoms with E-state index in [1.807, 2.05) is 67.3 Å². The standard InChI is InChI=1S/C24H28N4O2/c1-3-28-22(14-17(2)26-28)24(30)27-13-7-8-18(16-27)15-25-23(29)21-12-6-10-19-9-4-5-11-20(19)21/h4-6,9-12,14,18H,3,7-8,13,15-16H2,1-2H3,(H,25,29). The molecule has 3 aromatic rings. The Kier molecular flexibility index (Phi) is 5.84. The molecule has 0 aliphatic carbocycles. The van der Waals surface area contributed by atoms with Gasteiger partial charge in [-0.1, -0.05) is 36.4 Å². The van der Waals surface area contributed by atoms with Gasteiger partial charge < -0.3 is 10.2 Å². The number of aromatic nitrogens is 2. The number of hydrogen-bond donors (Lipinski definition) is 1. The van der Waals surface area contributed by atoms with Crippen LogP contribution in [0.5, 0.6) is 0 Å². The van der Waals surface area contributed by atoms with E-state index in [2.05, 4.69) is 10.4 Å². The fraction of sp³-hybridized carbons (Fsp3) is 0.375. The predicted octanol–water partition coefficient (Wildman–Crippen LogP) is 3.65. The molecule has 1 atom stereocenters. The lowest BCUT2D eigenvalue weighted by atomic mass is 9.97. The van der Waals surface area contributed by atoms with Gasteiger partial charge in [-0.25, -0.2) is 0 Å². The second kappa shape index (κ2) is 8.69. The van der Waals surface area contributed by atoms with Crippen LogP contribution in [0.3, 0.4) is 0 Å². The molecule has 0 spiro atoms. The maximum absolute atomic E-state index is 13.0. The molecule has 1 aromatic heterocycles. The third kappa shape index (κ3) is 4.08. The van der Waals surface area contributed by atoms with Crippen LogP contribution in [0.25, 0.3) is 10.8 Å². The topological polar surface area (TPSA) is 67.2 Å². The van der Waals surface area contributed by atoms with Gasteiger partial charge in [0.05, 0.1) is 5.69 Å². The van der Waals surface area contributed by atoms with E-state index in [0.29, 0.717) is 30.9 Å². The number of nitrogens with one attached hydrogen (secondary N) is 1. The van der Waals surface area contributed by atoms with Crippen molar-refractivity contribution in [2.24, 2.45) is 5.92 Å². The van der Waals surface area contributed by atoms with E-state index in [1.165, 1.54) is 0 Å². The first-order valence-electron chi connectivity index (χ1n) is 10.7. The molecule has 156 valence electrons. The number of fused-ring (bicyclic) bond motifs is 1. The molecular formula is C24H28N4O2. The number of aryl methyl sites for hydroxylation is 2. The highest BCUT2D eigenvalue weighted by Gasteiger charge is 2.27. The van der Waals surface area contributed by atoms with Gasteiger partial charge in [-0.2, -0.15) is 5.10 Å². The molecule has 2 amide bonds. The smallest absolute Gasteiger partial charge is 0.272 e. The fourth-order valence-electron chi connectivity index (χ4n) is 4.29. The first-order valence-corrected chi connectivity index (χ1v) is 10.7. The second-order valence-corrected chi connectivity index (χ2v) is 7.98. The molecule has 2 heterocycles. The molecule has 1 saturated heterocycles. The summed E-state index contributed by atoms with van der Waals surface area (Å²) >= 11 is 0. The Bertz CT molecular complexity index is 1070. The van der Waals surface area contributed by atoms with Gasteiger partial charge >= 0.3 is 0 Å². The number of likely N-dealkylation sites (tertiary alicyclic amines) is 1. The third-order valence-corrected chi connectivity index (χ3v) is 5.81. The van der Waals surface area contributed by atoms with Gasteiger partial charge in [0.25, 0.3) is 11.8 Å². The number of piperidine rings is 1. The van der Waals surface area contributed by atoms with Gasteiger partial charge in [-0.05, 0) is 55.5 Å². The average molecular weight is 405 g/mol. The molecule has 4 rings (SSSR count). The van der Waals surface area contributed by atoms with E-state index in [-0.39, 0.29) is 17.7 Å². The highest BCUT2D eigenvalue weighted by atomic mass is 16.2. The molecule has 1 aliphatic rings. The zero-order valence-corrected chi connectivity index (χ0v) is 17.6. The summed E-state index contributed by atoms with van der Waals surface area (Å²) in [6, 6.07) is 15.6. The van der Waals surface area contributed by atoms with Crippen molar-refractivity contribution in [3.8, 4) is 0 Å². The lowest BCUT2D eigenvalue weighted by molar-refractivity contribution is 0.0658. The van der Waals surface area contributed by atoms with E-state index < -0.39 is 0 Å². The Hall–Kier alpha value is -3.15.